The van der Waals surface area contributed by atoms with Crippen molar-refractivity contribution in [3.8, 4) is 0 Å². The van der Waals surface area contributed by atoms with Crippen molar-refractivity contribution in [3.63, 3.8) is 0 Å². The molecule has 3 nitrogen and oxygen atoms in total. The molecule has 0 N–H and O–H groups in total. The zero-order valence-corrected chi connectivity index (χ0v) is 10.1. The summed E-state index contributed by atoms with van der Waals surface area (Å²) in [6.07, 6.45) is 6.15. The molecule has 0 aromatic carbocycles. The minimum atomic E-state index is 0.978. The summed E-state index contributed by atoms with van der Waals surface area (Å²) in [6, 6.07) is 4.08. The van der Waals surface area contributed by atoms with Gasteiger partial charge in [0.1, 0.15) is 5.03 Å². The Morgan fingerprint density at radius 3 is 2.73 bits per heavy atom. The lowest BCUT2D eigenvalue weighted by Gasteiger charge is -2.17. The minimum Gasteiger partial charge on any atom is -0.358 e. The molecule has 1 heterocycles. The van der Waals surface area contributed by atoms with Gasteiger partial charge in [-0.15, -0.1) is 22.0 Å². The highest BCUT2D eigenvalue weighted by molar-refractivity contribution is 7.98. The monoisotopic (exact) mass is 223 g/mol. The maximum absolute atomic E-state index is 4.20. The van der Waals surface area contributed by atoms with Crippen molar-refractivity contribution in [2.24, 2.45) is 5.92 Å². The fourth-order valence-corrected chi connectivity index (χ4v) is 1.85. The normalized spacial score (nSPS) is 15.3. The highest BCUT2D eigenvalue weighted by Crippen LogP contribution is 2.32. The molecule has 1 aromatic heterocycles. The highest BCUT2D eigenvalue weighted by atomic mass is 32.2. The van der Waals surface area contributed by atoms with E-state index >= 15 is 0 Å². The van der Waals surface area contributed by atoms with Gasteiger partial charge in [0.15, 0.2) is 5.82 Å². The van der Waals surface area contributed by atoms with Crippen molar-refractivity contribution in [1.82, 2.24) is 10.2 Å². The van der Waals surface area contributed by atoms with E-state index in [9.17, 15) is 0 Å². The number of rotatable bonds is 5. The van der Waals surface area contributed by atoms with Gasteiger partial charge in [0.05, 0.1) is 0 Å². The Labute approximate surface area is 95.3 Å². The first-order chi connectivity index (χ1) is 7.29. The number of hydrogen-bond acceptors (Lipinski definition) is 4. The van der Waals surface area contributed by atoms with Crippen molar-refractivity contribution < 1.29 is 0 Å². The van der Waals surface area contributed by atoms with Crippen LogP contribution in [-0.4, -0.2) is 30.0 Å². The average molecular weight is 223 g/mol. The number of anilines is 1. The van der Waals surface area contributed by atoms with E-state index < -0.39 is 0 Å². The number of thioether (sulfide) groups is 1. The van der Waals surface area contributed by atoms with Crippen LogP contribution in [-0.2, 0) is 0 Å². The Bertz CT molecular complexity index is 308. The molecule has 1 fully saturated rings. The van der Waals surface area contributed by atoms with Gasteiger partial charge in [-0.05, 0) is 30.7 Å². The summed E-state index contributed by atoms with van der Waals surface area (Å²) in [4.78, 5) is 2.19. The number of nitrogens with zero attached hydrogens (tertiary/aromatic N) is 3. The van der Waals surface area contributed by atoms with Crippen LogP contribution in [0.2, 0.25) is 0 Å². The first kappa shape index (κ1) is 10.7. The van der Waals surface area contributed by atoms with Gasteiger partial charge in [-0.3, -0.25) is 0 Å². The van der Waals surface area contributed by atoms with Crippen molar-refractivity contribution in [1.29, 1.82) is 0 Å². The average Bonchev–Trinajstić information content (AvgIpc) is 3.10. The van der Waals surface area contributed by atoms with Crippen LogP contribution in [0, 0.1) is 5.92 Å². The second kappa shape index (κ2) is 4.84. The second-order valence-corrected chi connectivity index (χ2v) is 4.91. The lowest BCUT2D eigenvalue weighted by Crippen LogP contribution is -2.20. The van der Waals surface area contributed by atoms with Crippen molar-refractivity contribution in [2.45, 2.75) is 24.3 Å². The molecule has 0 aliphatic heterocycles. The third kappa shape index (κ3) is 3.09. The molecule has 0 unspecified atom stereocenters. The predicted molar refractivity (Wildman–Crippen MR) is 64.4 cm³/mol. The summed E-state index contributed by atoms with van der Waals surface area (Å²) in [5, 5.41) is 9.32. The van der Waals surface area contributed by atoms with E-state index in [0.717, 1.165) is 23.3 Å². The van der Waals surface area contributed by atoms with E-state index in [-0.39, 0.29) is 0 Å². The predicted octanol–water partition coefficient (Wildman–Crippen LogP) is 2.43. The van der Waals surface area contributed by atoms with Gasteiger partial charge in [-0.1, -0.05) is 12.8 Å². The van der Waals surface area contributed by atoms with Gasteiger partial charge < -0.3 is 4.90 Å². The molecule has 0 radical (unpaired) electrons. The smallest absolute Gasteiger partial charge is 0.151 e. The molecule has 0 saturated heterocycles. The molecule has 1 aliphatic carbocycles. The van der Waals surface area contributed by atoms with Crippen LogP contribution in [0.5, 0.6) is 0 Å². The molecule has 1 aromatic rings. The summed E-state index contributed by atoms with van der Waals surface area (Å²) in [5.41, 5.74) is 0. The quantitative estimate of drug-likeness (QED) is 0.717. The Hall–Kier alpha value is -0.770. The topological polar surface area (TPSA) is 29.0 Å². The van der Waals surface area contributed by atoms with Crippen molar-refractivity contribution in [3.05, 3.63) is 12.1 Å². The molecule has 1 aliphatic rings. The van der Waals surface area contributed by atoms with E-state index in [1.54, 1.807) is 11.8 Å². The van der Waals surface area contributed by atoms with Gasteiger partial charge in [-0.25, -0.2) is 0 Å². The molecule has 4 heteroatoms. The van der Waals surface area contributed by atoms with Gasteiger partial charge in [-0.2, -0.15) is 0 Å². The lowest BCUT2D eigenvalue weighted by atomic mass is 10.3. The first-order valence-corrected chi connectivity index (χ1v) is 6.61. The SMILES string of the molecule is CSc1ccc(N(C)CCC2CC2)nn1. The van der Waals surface area contributed by atoms with Crippen LogP contribution < -0.4 is 4.90 Å². The standard InChI is InChI=1S/C11H17N3S/c1-14(8-7-9-3-4-9)10-5-6-11(15-2)13-12-10/h5-6,9H,3-4,7-8H2,1-2H3. The van der Waals surface area contributed by atoms with E-state index in [0.29, 0.717) is 0 Å². The Kier molecular flexibility index (Phi) is 3.46. The molecule has 2 rings (SSSR count). The molecular formula is C11H17N3S. The summed E-state index contributed by atoms with van der Waals surface area (Å²) >= 11 is 1.63. The minimum absolute atomic E-state index is 0.978. The fraction of sp³-hybridized carbons (Fsp3) is 0.636. The number of aromatic nitrogens is 2. The molecule has 0 spiro atoms. The van der Waals surface area contributed by atoms with Crippen LogP contribution in [0.4, 0.5) is 5.82 Å². The molecule has 15 heavy (non-hydrogen) atoms. The van der Waals surface area contributed by atoms with Gasteiger partial charge in [0.25, 0.3) is 0 Å². The Morgan fingerprint density at radius 1 is 1.40 bits per heavy atom. The highest BCUT2D eigenvalue weighted by Gasteiger charge is 2.21. The van der Waals surface area contributed by atoms with Crippen LogP contribution in [0.15, 0.2) is 17.2 Å². The maximum Gasteiger partial charge on any atom is 0.151 e. The molecule has 0 amide bonds. The van der Waals surface area contributed by atoms with E-state index in [4.69, 9.17) is 0 Å². The van der Waals surface area contributed by atoms with Crippen LogP contribution in [0.1, 0.15) is 19.3 Å². The summed E-state index contributed by atoms with van der Waals surface area (Å²) in [7, 11) is 2.09. The third-order valence-electron chi connectivity index (χ3n) is 2.80. The molecule has 1 saturated carbocycles. The lowest BCUT2D eigenvalue weighted by molar-refractivity contribution is 0.700. The summed E-state index contributed by atoms with van der Waals surface area (Å²) in [6.45, 7) is 1.10. The van der Waals surface area contributed by atoms with E-state index in [1.165, 1.54) is 19.3 Å². The largest absolute Gasteiger partial charge is 0.358 e. The van der Waals surface area contributed by atoms with E-state index in [2.05, 4.69) is 22.1 Å². The molecule has 0 atom stereocenters. The zero-order valence-electron chi connectivity index (χ0n) is 9.31. The van der Waals surface area contributed by atoms with Crippen molar-refractivity contribution >= 4 is 17.6 Å². The third-order valence-corrected chi connectivity index (χ3v) is 3.43. The van der Waals surface area contributed by atoms with Gasteiger partial charge in [0.2, 0.25) is 0 Å². The summed E-state index contributed by atoms with van der Waals surface area (Å²) < 4.78 is 0. The fourth-order valence-electron chi connectivity index (χ4n) is 1.52. The Balaban J connectivity index is 1.88. The van der Waals surface area contributed by atoms with Crippen molar-refractivity contribution in [2.75, 3.05) is 24.7 Å². The van der Waals surface area contributed by atoms with Gasteiger partial charge >= 0.3 is 0 Å². The van der Waals surface area contributed by atoms with Gasteiger partial charge in [0, 0.05) is 13.6 Å². The zero-order chi connectivity index (χ0) is 10.7. The second-order valence-electron chi connectivity index (χ2n) is 4.09. The van der Waals surface area contributed by atoms with Crippen LogP contribution in [0.25, 0.3) is 0 Å². The molecule has 82 valence electrons. The first-order valence-electron chi connectivity index (χ1n) is 5.38. The summed E-state index contributed by atoms with van der Waals surface area (Å²) in [5.74, 6) is 1.96. The molecule has 0 bridgehead atoms. The van der Waals surface area contributed by atoms with Crippen LogP contribution >= 0.6 is 11.8 Å². The Morgan fingerprint density at radius 2 is 2.20 bits per heavy atom. The molecular weight excluding hydrogens is 206 g/mol. The number of hydrogen-bond donors (Lipinski definition) is 0. The van der Waals surface area contributed by atoms with E-state index in [1.807, 2.05) is 18.4 Å². The maximum atomic E-state index is 4.20. The van der Waals surface area contributed by atoms with Crippen LogP contribution in [0.3, 0.4) is 0 Å².